The quantitative estimate of drug-likeness (QED) is 0.0222. The SMILES string of the molecule is CCCCCCCCCCCCCCCCCCCC(=O)O[C@H](COC(=O)CCCCCCCCCCCCCCCCC)COP(=O)(O)OC[C@@H](O)COP(=O)(O)OC[C@@H](COC(=O)CCCCCCCCC(C)C)OC(=O)CCCCCCCCCCCCCCCCC. The summed E-state index contributed by atoms with van der Waals surface area (Å²) in [6, 6.07) is 0. The third-order valence-corrected chi connectivity index (χ3v) is 19.9. The fourth-order valence-electron chi connectivity index (χ4n) is 11.9. The van der Waals surface area contributed by atoms with Gasteiger partial charge in [0.15, 0.2) is 12.2 Å². The Hall–Kier alpha value is -1.94. The molecule has 0 spiro atoms. The highest BCUT2D eigenvalue weighted by Crippen LogP contribution is 2.45. The minimum atomic E-state index is -4.96. The number of hydrogen-bond donors (Lipinski definition) is 3. The molecule has 0 amide bonds. The molecule has 0 heterocycles. The predicted octanol–water partition coefficient (Wildman–Crippen LogP) is 22.9. The van der Waals surface area contributed by atoms with Crippen molar-refractivity contribution in [2.75, 3.05) is 39.6 Å². The summed E-state index contributed by atoms with van der Waals surface area (Å²) in [7, 11) is -9.91. The standard InChI is InChI=1S/C77H150O17P2/c1-6-9-12-15-18-21-24-27-30-31-34-37-40-43-46-53-58-62-76(81)93-72(66-87-74(79)60-55-50-44-41-38-35-32-28-25-22-19-16-13-10-7-2)68-91-95(83,84)89-64-71(78)65-90-96(85,86)92-69-73(67-88-75(80)61-56-51-48-47-49-54-59-70(4)5)94-77(82)63-57-52-45-42-39-36-33-29-26-23-20-17-14-11-8-3/h70-73,78H,6-69H2,1-5H3,(H,83,84)(H,85,86)/t71-,72-,73-/m1/s1. The van der Waals surface area contributed by atoms with Gasteiger partial charge in [-0.15, -0.1) is 0 Å². The molecule has 96 heavy (non-hydrogen) atoms. The topological polar surface area (TPSA) is 237 Å². The van der Waals surface area contributed by atoms with Crippen molar-refractivity contribution in [3.63, 3.8) is 0 Å². The van der Waals surface area contributed by atoms with Crippen molar-refractivity contribution in [3.05, 3.63) is 0 Å². The third kappa shape index (κ3) is 70.5. The lowest BCUT2D eigenvalue weighted by Gasteiger charge is -2.21. The molecule has 0 aliphatic heterocycles. The fraction of sp³-hybridized carbons (Fsp3) is 0.948. The molecule has 19 heteroatoms. The number of carbonyl (C=O) groups excluding carboxylic acids is 4. The highest BCUT2D eigenvalue weighted by atomic mass is 31.2. The van der Waals surface area contributed by atoms with Crippen LogP contribution in [0, 0.1) is 5.92 Å². The summed E-state index contributed by atoms with van der Waals surface area (Å²) in [5.41, 5.74) is 0. The van der Waals surface area contributed by atoms with Gasteiger partial charge in [0.05, 0.1) is 26.4 Å². The minimum absolute atomic E-state index is 0.107. The zero-order valence-electron chi connectivity index (χ0n) is 62.5. The molecule has 0 saturated carbocycles. The Kier molecular flexibility index (Phi) is 68.7. The van der Waals surface area contributed by atoms with Crippen LogP contribution in [0.1, 0.15) is 407 Å². The van der Waals surface area contributed by atoms with E-state index in [9.17, 15) is 43.2 Å². The maximum absolute atomic E-state index is 13.1. The molecular formula is C77H150O17P2. The van der Waals surface area contributed by atoms with E-state index in [1.807, 2.05) is 0 Å². The second-order valence-corrected chi connectivity index (χ2v) is 31.1. The number of ether oxygens (including phenoxy) is 4. The van der Waals surface area contributed by atoms with Gasteiger partial charge in [-0.05, 0) is 31.6 Å². The van der Waals surface area contributed by atoms with Crippen LogP contribution in [0.15, 0.2) is 0 Å². The molecule has 0 rings (SSSR count). The summed E-state index contributed by atoms with van der Waals surface area (Å²) in [6.07, 6.45) is 59.7. The van der Waals surface area contributed by atoms with Crippen molar-refractivity contribution in [1.82, 2.24) is 0 Å². The largest absolute Gasteiger partial charge is 0.472 e. The Labute approximate surface area is 588 Å². The highest BCUT2D eigenvalue weighted by Gasteiger charge is 2.30. The molecule has 0 aromatic rings. The fourth-order valence-corrected chi connectivity index (χ4v) is 13.5. The number of unbranched alkanes of at least 4 members (excludes halogenated alkanes) is 49. The molecule has 2 unspecified atom stereocenters. The zero-order valence-corrected chi connectivity index (χ0v) is 64.3. The average Bonchev–Trinajstić information content (AvgIpc) is 1.33. The number of esters is 4. The Bertz CT molecular complexity index is 1840. The summed E-state index contributed by atoms with van der Waals surface area (Å²) >= 11 is 0. The first-order valence-electron chi connectivity index (χ1n) is 40.1. The molecule has 0 aliphatic rings. The molecule has 0 aromatic carbocycles. The molecule has 0 aromatic heterocycles. The van der Waals surface area contributed by atoms with Crippen molar-refractivity contribution in [2.24, 2.45) is 5.92 Å². The molecule has 17 nitrogen and oxygen atoms in total. The molecular weight excluding hydrogens is 1260 g/mol. The summed E-state index contributed by atoms with van der Waals surface area (Å²) in [5.74, 6) is -1.43. The van der Waals surface area contributed by atoms with Gasteiger partial charge in [-0.3, -0.25) is 37.3 Å². The molecule has 0 fully saturated rings. The Morgan fingerprint density at radius 3 is 0.708 bits per heavy atom. The zero-order chi connectivity index (χ0) is 70.5. The van der Waals surface area contributed by atoms with Crippen molar-refractivity contribution in [1.29, 1.82) is 0 Å². The molecule has 0 bridgehead atoms. The van der Waals surface area contributed by atoms with Gasteiger partial charge in [0, 0.05) is 25.7 Å². The first-order chi connectivity index (χ1) is 46.5. The maximum Gasteiger partial charge on any atom is 0.472 e. The van der Waals surface area contributed by atoms with Gasteiger partial charge in [0.25, 0.3) is 0 Å². The first-order valence-corrected chi connectivity index (χ1v) is 43.1. The van der Waals surface area contributed by atoms with E-state index < -0.39 is 97.5 Å². The number of hydrogen-bond acceptors (Lipinski definition) is 15. The second-order valence-electron chi connectivity index (χ2n) is 28.2. The Balaban J connectivity index is 5.23. The van der Waals surface area contributed by atoms with Crippen molar-refractivity contribution >= 4 is 39.5 Å². The summed E-state index contributed by atoms with van der Waals surface area (Å²) in [4.78, 5) is 72.8. The number of aliphatic hydroxyl groups excluding tert-OH is 1. The van der Waals surface area contributed by atoms with Gasteiger partial charge in [-0.1, -0.05) is 356 Å². The average molecular weight is 1410 g/mol. The Morgan fingerprint density at radius 2 is 0.479 bits per heavy atom. The van der Waals surface area contributed by atoms with Gasteiger partial charge >= 0.3 is 39.5 Å². The van der Waals surface area contributed by atoms with Gasteiger partial charge in [-0.2, -0.15) is 0 Å². The van der Waals surface area contributed by atoms with Crippen LogP contribution in [0.3, 0.4) is 0 Å². The lowest BCUT2D eigenvalue weighted by molar-refractivity contribution is -0.161. The van der Waals surface area contributed by atoms with Gasteiger partial charge in [0.1, 0.15) is 19.3 Å². The van der Waals surface area contributed by atoms with Crippen LogP contribution in [0.25, 0.3) is 0 Å². The normalized spacial score (nSPS) is 13.9. The molecule has 0 saturated heterocycles. The lowest BCUT2D eigenvalue weighted by atomic mass is 10.0. The van der Waals surface area contributed by atoms with Crippen LogP contribution in [0.2, 0.25) is 0 Å². The third-order valence-electron chi connectivity index (χ3n) is 18.0. The monoisotopic (exact) mass is 1410 g/mol. The molecule has 0 radical (unpaired) electrons. The van der Waals surface area contributed by atoms with Gasteiger partial charge in [-0.25, -0.2) is 9.13 Å². The summed E-state index contributed by atoms with van der Waals surface area (Å²) in [5, 5.41) is 10.6. The van der Waals surface area contributed by atoms with Crippen LogP contribution in [-0.2, 0) is 65.4 Å². The number of rotatable bonds is 77. The van der Waals surface area contributed by atoms with E-state index in [4.69, 9.17) is 37.0 Å². The maximum atomic E-state index is 13.1. The van der Waals surface area contributed by atoms with Crippen LogP contribution in [-0.4, -0.2) is 96.7 Å². The van der Waals surface area contributed by atoms with Crippen molar-refractivity contribution in [2.45, 2.75) is 425 Å². The lowest BCUT2D eigenvalue weighted by Crippen LogP contribution is -2.30. The van der Waals surface area contributed by atoms with Crippen molar-refractivity contribution < 1.29 is 80.2 Å². The number of phosphoric ester groups is 2. The van der Waals surface area contributed by atoms with E-state index in [1.165, 1.54) is 225 Å². The van der Waals surface area contributed by atoms with Gasteiger partial charge < -0.3 is 33.8 Å². The summed E-state index contributed by atoms with van der Waals surface area (Å²) < 4.78 is 68.6. The van der Waals surface area contributed by atoms with E-state index in [0.717, 1.165) is 96.3 Å². The van der Waals surface area contributed by atoms with E-state index >= 15 is 0 Å². The molecule has 5 atom stereocenters. The van der Waals surface area contributed by atoms with E-state index in [2.05, 4.69) is 34.6 Å². The number of aliphatic hydroxyl groups is 1. The first kappa shape index (κ1) is 94.1. The van der Waals surface area contributed by atoms with Crippen LogP contribution >= 0.6 is 15.6 Å². The molecule has 570 valence electrons. The molecule has 3 N–H and O–H groups in total. The van der Waals surface area contributed by atoms with Crippen LogP contribution in [0.5, 0.6) is 0 Å². The van der Waals surface area contributed by atoms with E-state index in [1.54, 1.807) is 0 Å². The minimum Gasteiger partial charge on any atom is -0.462 e. The van der Waals surface area contributed by atoms with Gasteiger partial charge in [0.2, 0.25) is 0 Å². The van der Waals surface area contributed by atoms with E-state index in [0.29, 0.717) is 31.6 Å². The van der Waals surface area contributed by atoms with Crippen molar-refractivity contribution in [3.8, 4) is 0 Å². The van der Waals surface area contributed by atoms with Crippen LogP contribution < -0.4 is 0 Å². The number of phosphoric acid groups is 2. The smallest absolute Gasteiger partial charge is 0.462 e. The summed E-state index contributed by atoms with van der Waals surface area (Å²) in [6.45, 7) is 7.23. The second kappa shape index (κ2) is 70.1. The predicted molar refractivity (Wildman–Crippen MR) is 391 cm³/mol. The Morgan fingerprint density at radius 1 is 0.281 bits per heavy atom. The van der Waals surface area contributed by atoms with Crippen LogP contribution in [0.4, 0.5) is 0 Å². The molecule has 0 aliphatic carbocycles. The van der Waals surface area contributed by atoms with E-state index in [-0.39, 0.29) is 25.7 Å². The highest BCUT2D eigenvalue weighted by molar-refractivity contribution is 7.47. The number of carbonyl (C=O) groups is 4.